The number of nitrogens with two attached hydrogens (primary N) is 1. The van der Waals surface area contributed by atoms with E-state index in [4.69, 9.17) is 17.3 Å². The molecule has 3 N–H and O–H groups in total. The summed E-state index contributed by atoms with van der Waals surface area (Å²) in [5.74, 6) is 6.27. The first-order chi connectivity index (χ1) is 16.1. The lowest BCUT2D eigenvalue weighted by atomic mass is 10.0. The number of rotatable bonds is 5. The minimum atomic E-state index is 0.449. The van der Waals surface area contributed by atoms with Gasteiger partial charge in [-0.25, -0.2) is 4.98 Å². The number of aromatic nitrogens is 1. The Morgan fingerprint density at radius 2 is 2.30 bits per heavy atom. The predicted molar refractivity (Wildman–Crippen MR) is 147 cm³/mol. The average molecular weight is 495 g/mol. The Morgan fingerprint density at radius 1 is 1.42 bits per heavy atom. The molecular formula is C26H27ClN4S2. The van der Waals surface area contributed by atoms with Crippen LogP contribution in [0.2, 0.25) is 5.15 Å². The molecule has 3 aromatic rings. The van der Waals surface area contributed by atoms with Crippen LogP contribution in [0.25, 0.3) is 10.2 Å². The lowest BCUT2D eigenvalue weighted by molar-refractivity contribution is 0.606. The smallest absolute Gasteiger partial charge is 0.131 e. The largest absolute Gasteiger partial charge is 0.379 e. The van der Waals surface area contributed by atoms with Gasteiger partial charge in [-0.3, -0.25) is 4.99 Å². The van der Waals surface area contributed by atoms with Gasteiger partial charge >= 0.3 is 0 Å². The van der Waals surface area contributed by atoms with E-state index in [-0.39, 0.29) is 0 Å². The van der Waals surface area contributed by atoms with Gasteiger partial charge in [0.15, 0.2) is 0 Å². The van der Waals surface area contributed by atoms with Crippen LogP contribution in [0.1, 0.15) is 29.7 Å². The highest BCUT2D eigenvalue weighted by Gasteiger charge is 2.11. The number of halogens is 1. The SMILES string of the molecule is C=C/C=C(/C#Cc1csc2c(NCc3cccs3)cc(Cl)nc12)C=NC.NC1CC=CCC1. The fourth-order valence-electron chi connectivity index (χ4n) is 3.13. The molecule has 1 atom stereocenters. The third-order valence-electron chi connectivity index (χ3n) is 4.74. The molecule has 0 amide bonds. The summed E-state index contributed by atoms with van der Waals surface area (Å²) < 4.78 is 1.05. The summed E-state index contributed by atoms with van der Waals surface area (Å²) in [5.41, 5.74) is 9.02. The molecule has 1 unspecified atom stereocenters. The average Bonchev–Trinajstić information content (AvgIpc) is 3.47. The monoisotopic (exact) mass is 494 g/mol. The third kappa shape index (κ3) is 7.69. The highest BCUT2D eigenvalue weighted by Crippen LogP contribution is 2.33. The van der Waals surface area contributed by atoms with Gasteiger partial charge in [-0.05, 0) is 36.8 Å². The number of thiophene rings is 2. The molecule has 0 fully saturated rings. The first kappa shape index (κ1) is 24.9. The van der Waals surface area contributed by atoms with Crippen LogP contribution in [0.4, 0.5) is 5.69 Å². The third-order valence-corrected chi connectivity index (χ3v) is 6.81. The molecule has 4 nitrogen and oxygen atoms in total. The van der Waals surface area contributed by atoms with Crippen molar-refractivity contribution in [2.24, 2.45) is 10.7 Å². The van der Waals surface area contributed by atoms with E-state index in [1.807, 2.05) is 23.6 Å². The Hall–Kier alpha value is -2.69. The minimum absolute atomic E-state index is 0.449. The molecule has 0 bridgehead atoms. The number of hydrogen-bond acceptors (Lipinski definition) is 6. The summed E-state index contributed by atoms with van der Waals surface area (Å²) in [6.45, 7) is 4.46. The van der Waals surface area contributed by atoms with Gasteiger partial charge in [0, 0.05) is 47.7 Å². The first-order valence-corrected chi connectivity index (χ1v) is 12.8. The second-order valence-corrected chi connectivity index (χ2v) is 9.59. The molecule has 0 radical (unpaired) electrons. The van der Waals surface area contributed by atoms with E-state index in [0.717, 1.165) is 40.0 Å². The number of aliphatic imine (C=N–C) groups is 1. The Morgan fingerprint density at radius 3 is 2.94 bits per heavy atom. The Balaban J connectivity index is 0.000000374. The second-order valence-electron chi connectivity index (χ2n) is 7.29. The molecule has 0 aromatic carbocycles. The second kappa shape index (κ2) is 13.1. The van der Waals surface area contributed by atoms with Crippen LogP contribution in [0, 0.1) is 11.8 Å². The van der Waals surface area contributed by atoms with Gasteiger partial charge in [0.1, 0.15) is 10.7 Å². The van der Waals surface area contributed by atoms with Crippen LogP contribution in [0.5, 0.6) is 0 Å². The lowest BCUT2D eigenvalue weighted by Crippen LogP contribution is -2.19. The van der Waals surface area contributed by atoms with Gasteiger partial charge in [-0.1, -0.05) is 54.3 Å². The zero-order valence-electron chi connectivity index (χ0n) is 18.6. The van der Waals surface area contributed by atoms with Crippen LogP contribution in [-0.2, 0) is 6.54 Å². The molecule has 3 heterocycles. The molecule has 3 aromatic heterocycles. The van der Waals surface area contributed by atoms with Crippen molar-refractivity contribution >= 4 is 56.4 Å². The predicted octanol–water partition coefficient (Wildman–Crippen LogP) is 6.84. The number of hydrogen-bond donors (Lipinski definition) is 2. The van der Waals surface area contributed by atoms with Gasteiger partial charge < -0.3 is 11.1 Å². The van der Waals surface area contributed by atoms with E-state index in [1.54, 1.807) is 42.0 Å². The van der Waals surface area contributed by atoms with Gasteiger partial charge in [0.25, 0.3) is 0 Å². The summed E-state index contributed by atoms with van der Waals surface area (Å²) >= 11 is 9.57. The zero-order valence-corrected chi connectivity index (χ0v) is 20.9. The van der Waals surface area contributed by atoms with Crippen molar-refractivity contribution in [2.75, 3.05) is 12.4 Å². The number of fused-ring (bicyclic) bond motifs is 1. The summed E-state index contributed by atoms with van der Waals surface area (Å²) in [5, 5.41) is 7.98. The van der Waals surface area contributed by atoms with Crippen LogP contribution < -0.4 is 11.1 Å². The molecule has 1 aliphatic carbocycles. The number of anilines is 1. The number of nitrogens with zero attached hydrogens (tertiary/aromatic N) is 2. The number of allylic oxidation sites excluding steroid dienone is 4. The maximum absolute atomic E-state index is 6.24. The highest BCUT2D eigenvalue weighted by molar-refractivity contribution is 7.18. The normalized spacial score (nSPS) is 15.6. The van der Waals surface area contributed by atoms with Crippen molar-refractivity contribution in [3.63, 3.8) is 0 Å². The summed E-state index contributed by atoms with van der Waals surface area (Å²) in [4.78, 5) is 9.75. The van der Waals surface area contributed by atoms with E-state index in [9.17, 15) is 0 Å². The van der Waals surface area contributed by atoms with Crippen molar-refractivity contribution in [3.05, 3.63) is 81.0 Å². The van der Waals surface area contributed by atoms with Crippen molar-refractivity contribution in [1.29, 1.82) is 0 Å². The summed E-state index contributed by atoms with van der Waals surface area (Å²) in [6.07, 6.45) is 13.0. The number of nitrogens with one attached hydrogen (secondary N) is 1. The quantitative estimate of drug-likeness (QED) is 0.134. The fourth-order valence-corrected chi connectivity index (χ4v) is 4.90. The minimum Gasteiger partial charge on any atom is -0.379 e. The van der Waals surface area contributed by atoms with Crippen LogP contribution in [0.15, 0.2) is 70.4 Å². The standard InChI is InChI=1S/C20H16ClN3S2.C6H11N/c1-3-5-14(11-22-2)7-8-15-13-26-20-17(10-18(21)24-19(15)20)23-12-16-6-4-9-25-16;7-6-4-2-1-3-5-6/h3-6,9-11,13H,1,12H2,2H3,(H,23,24);1-2,6H,3-5,7H2/b14-5-,22-11?;. The Labute approximate surface area is 208 Å². The van der Waals surface area contributed by atoms with E-state index < -0.39 is 0 Å². The first-order valence-electron chi connectivity index (χ1n) is 10.6. The van der Waals surface area contributed by atoms with Gasteiger partial charge in [0.05, 0.1) is 16.0 Å². The molecule has 0 spiro atoms. The lowest BCUT2D eigenvalue weighted by Gasteiger charge is -2.09. The van der Waals surface area contributed by atoms with E-state index in [0.29, 0.717) is 11.2 Å². The van der Waals surface area contributed by atoms with Crippen LogP contribution in [0.3, 0.4) is 0 Å². The fraction of sp³-hybridized carbons (Fsp3) is 0.231. The zero-order chi connectivity index (χ0) is 23.5. The molecule has 0 saturated carbocycles. The molecule has 0 saturated heterocycles. The molecule has 7 heteroatoms. The molecule has 4 rings (SSSR count). The van der Waals surface area contributed by atoms with Crippen LogP contribution >= 0.6 is 34.3 Å². The maximum atomic E-state index is 6.24. The van der Waals surface area contributed by atoms with Gasteiger partial charge in [-0.2, -0.15) is 0 Å². The topological polar surface area (TPSA) is 63.3 Å². The summed E-state index contributed by atoms with van der Waals surface area (Å²) in [7, 11) is 1.71. The van der Waals surface area contributed by atoms with E-state index in [2.05, 4.69) is 57.3 Å². The van der Waals surface area contributed by atoms with Gasteiger partial charge in [0.2, 0.25) is 0 Å². The molecule has 1 aliphatic rings. The number of pyridine rings is 1. The Kier molecular flexibility index (Phi) is 9.92. The van der Waals surface area contributed by atoms with Crippen LogP contribution in [-0.4, -0.2) is 24.3 Å². The highest BCUT2D eigenvalue weighted by atomic mass is 35.5. The van der Waals surface area contributed by atoms with Crippen molar-refractivity contribution in [3.8, 4) is 11.8 Å². The van der Waals surface area contributed by atoms with E-state index >= 15 is 0 Å². The molecule has 170 valence electrons. The van der Waals surface area contributed by atoms with Crippen molar-refractivity contribution in [2.45, 2.75) is 31.8 Å². The van der Waals surface area contributed by atoms with Gasteiger partial charge in [-0.15, -0.1) is 22.7 Å². The summed E-state index contributed by atoms with van der Waals surface area (Å²) in [6, 6.07) is 6.46. The van der Waals surface area contributed by atoms with Crippen molar-refractivity contribution in [1.82, 2.24) is 4.98 Å². The molecule has 33 heavy (non-hydrogen) atoms. The van der Waals surface area contributed by atoms with Crippen molar-refractivity contribution < 1.29 is 0 Å². The van der Waals surface area contributed by atoms with E-state index in [1.165, 1.54) is 17.7 Å². The Bertz CT molecular complexity index is 1210. The molecule has 0 aliphatic heterocycles. The molecular weight excluding hydrogens is 468 g/mol. The maximum Gasteiger partial charge on any atom is 0.131 e.